The smallest absolute Gasteiger partial charge is 0.311 e. The van der Waals surface area contributed by atoms with E-state index in [2.05, 4.69) is 11.9 Å². The Bertz CT molecular complexity index is 242. The van der Waals surface area contributed by atoms with Gasteiger partial charge in [0.15, 0.2) is 0 Å². The first-order valence-electron chi connectivity index (χ1n) is 5.55. The van der Waals surface area contributed by atoms with E-state index < -0.39 is 0 Å². The number of epoxide rings is 1. The van der Waals surface area contributed by atoms with Crippen molar-refractivity contribution in [1.29, 1.82) is 0 Å². The van der Waals surface area contributed by atoms with Gasteiger partial charge in [-0.15, -0.1) is 0 Å². The Balaban J connectivity index is 2.03. The van der Waals surface area contributed by atoms with Crippen molar-refractivity contribution in [3.63, 3.8) is 0 Å². The minimum Gasteiger partial charge on any atom is -0.469 e. The van der Waals surface area contributed by atoms with Gasteiger partial charge in [-0.1, -0.05) is 0 Å². The van der Waals surface area contributed by atoms with Crippen LogP contribution in [-0.4, -0.2) is 50.8 Å². The number of methoxy groups -OCH3 is 1. The molecule has 2 aliphatic rings. The van der Waals surface area contributed by atoms with Crippen LogP contribution in [0.3, 0.4) is 0 Å². The molecule has 2 aliphatic heterocycles. The van der Waals surface area contributed by atoms with Crippen LogP contribution in [0.15, 0.2) is 0 Å². The van der Waals surface area contributed by atoms with E-state index in [9.17, 15) is 4.79 Å². The van der Waals surface area contributed by atoms with Crippen LogP contribution in [0.4, 0.5) is 0 Å². The third-order valence-electron chi connectivity index (χ3n) is 3.58. The molecule has 0 bridgehead atoms. The molecule has 2 rings (SSSR count). The van der Waals surface area contributed by atoms with E-state index in [-0.39, 0.29) is 11.4 Å². The normalized spacial score (nSPS) is 29.9. The molecule has 0 saturated carbocycles. The summed E-state index contributed by atoms with van der Waals surface area (Å²) < 4.78 is 10.2. The first-order chi connectivity index (χ1) is 7.16. The lowest BCUT2D eigenvalue weighted by atomic mass is 9.75. The van der Waals surface area contributed by atoms with E-state index >= 15 is 0 Å². The van der Waals surface area contributed by atoms with Crippen LogP contribution >= 0.6 is 0 Å². The Kier molecular flexibility index (Phi) is 2.98. The van der Waals surface area contributed by atoms with E-state index in [0.29, 0.717) is 6.10 Å². The molecule has 4 nitrogen and oxygen atoms in total. The Morgan fingerprint density at radius 3 is 2.60 bits per heavy atom. The predicted octanol–water partition coefficient (Wildman–Crippen LogP) is 0.660. The molecule has 0 aromatic carbocycles. The van der Waals surface area contributed by atoms with Gasteiger partial charge in [0.05, 0.1) is 25.2 Å². The fourth-order valence-corrected chi connectivity index (χ4v) is 2.38. The fraction of sp³-hybridized carbons (Fsp3) is 0.909. The third-order valence-corrected chi connectivity index (χ3v) is 3.58. The topological polar surface area (TPSA) is 42.1 Å². The highest BCUT2D eigenvalue weighted by atomic mass is 16.6. The maximum absolute atomic E-state index is 11.9. The highest BCUT2D eigenvalue weighted by molar-refractivity contribution is 5.77. The number of piperidine rings is 1. The summed E-state index contributed by atoms with van der Waals surface area (Å²) in [6.45, 7) is 2.76. The second-order valence-electron chi connectivity index (χ2n) is 4.73. The maximum atomic E-state index is 11.9. The van der Waals surface area contributed by atoms with Gasteiger partial charge in [0.2, 0.25) is 0 Å². The van der Waals surface area contributed by atoms with Crippen molar-refractivity contribution >= 4 is 5.97 Å². The molecule has 0 amide bonds. The summed E-state index contributed by atoms with van der Waals surface area (Å²) in [7, 11) is 3.57. The zero-order valence-electron chi connectivity index (χ0n) is 9.49. The van der Waals surface area contributed by atoms with Crippen molar-refractivity contribution in [1.82, 2.24) is 4.90 Å². The number of nitrogens with zero attached hydrogens (tertiary/aromatic N) is 1. The van der Waals surface area contributed by atoms with Gasteiger partial charge in [-0.3, -0.25) is 4.79 Å². The molecule has 2 heterocycles. The summed E-state index contributed by atoms with van der Waals surface area (Å²) in [5, 5.41) is 0. The predicted molar refractivity (Wildman–Crippen MR) is 55.5 cm³/mol. The second-order valence-corrected chi connectivity index (χ2v) is 4.73. The Labute approximate surface area is 90.5 Å². The number of rotatable bonds is 3. The molecular formula is C11H19NO3. The van der Waals surface area contributed by atoms with E-state index in [1.165, 1.54) is 7.11 Å². The molecule has 0 radical (unpaired) electrons. The SMILES string of the molecule is COC(=O)C1(CC2CO2)CCN(C)CC1. The van der Waals surface area contributed by atoms with Gasteiger partial charge < -0.3 is 14.4 Å². The molecule has 2 fully saturated rings. The molecule has 1 unspecified atom stereocenters. The van der Waals surface area contributed by atoms with E-state index in [1.807, 2.05) is 0 Å². The van der Waals surface area contributed by atoms with Crippen LogP contribution in [0.1, 0.15) is 19.3 Å². The van der Waals surface area contributed by atoms with Crippen molar-refractivity contribution in [2.24, 2.45) is 5.41 Å². The number of ether oxygens (including phenoxy) is 2. The molecule has 4 heteroatoms. The number of likely N-dealkylation sites (tertiary alicyclic amines) is 1. The first-order valence-corrected chi connectivity index (χ1v) is 5.55. The standard InChI is InChI=1S/C11H19NO3/c1-12-5-3-11(4-6-12,10(13)14-2)7-9-8-15-9/h9H,3-8H2,1-2H3. The molecule has 15 heavy (non-hydrogen) atoms. The van der Waals surface area contributed by atoms with Crippen LogP contribution in [0.2, 0.25) is 0 Å². The first kappa shape index (κ1) is 10.9. The van der Waals surface area contributed by atoms with Crippen molar-refractivity contribution in [2.75, 3.05) is 33.9 Å². The highest BCUT2D eigenvalue weighted by Gasteiger charge is 2.46. The summed E-state index contributed by atoms with van der Waals surface area (Å²) >= 11 is 0. The quantitative estimate of drug-likeness (QED) is 0.510. The molecule has 0 N–H and O–H groups in total. The van der Waals surface area contributed by atoms with E-state index in [0.717, 1.165) is 39.0 Å². The molecule has 1 atom stereocenters. The van der Waals surface area contributed by atoms with Crippen LogP contribution in [0.25, 0.3) is 0 Å². The van der Waals surface area contributed by atoms with Crippen LogP contribution in [0.5, 0.6) is 0 Å². The molecule has 0 aliphatic carbocycles. The Morgan fingerprint density at radius 2 is 2.13 bits per heavy atom. The van der Waals surface area contributed by atoms with Gasteiger partial charge in [0, 0.05) is 0 Å². The Hall–Kier alpha value is -0.610. The average Bonchev–Trinajstić information content (AvgIpc) is 3.04. The van der Waals surface area contributed by atoms with Gasteiger partial charge in [-0.2, -0.15) is 0 Å². The number of carbonyl (C=O) groups is 1. The van der Waals surface area contributed by atoms with Gasteiger partial charge in [0.25, 0.3) is 0 Å². The third kappa shape index (κ3) is 2.32. The summed E-state index contributed by atoms with van der Waals surface area (Å²) in [5.41, 5.74) is -0.275. The van der Waals surface area contributed by atoms with Gasteiger partial charge in [-0.05, 0) is 39.4 Å². The van der Waals surface area contributed by atoms with Gasteiger partial charge in [0.1, 0.15) is 0 Å². The van der Waals surface area contributed by atoms with Crippen LogP contribution in [-0.2, 0) is 14.3 Å². The summed E-state index contributed by atoms with van der Waals surface area (Å²) in [6.07, 6.45) is 2.94. The maximum Gasteiger partial charge on any atom is 0.311 e. The van der Waals surface area contributed by atoms with Gasteiger partial charge in [-0.25, -0.2) is 0 Å². The van der Waals surface area contributed by atoms with Crippen LogP contribution < -0.4 is 0 Å². The molecule has 2 saturated heterocycles. The van der Waals surface area contributed by atoms with Gasteiger partial charge >= 0.3 is 5.97 Å². The molecule has 86 valence electrons. The molecule has 0 spiro atoms. The minimum absolute atomic E-state index is 0.0499. The lowest BCUT2D eigenvalue weighted by Crippen LogP contribution is -2.44. The van der Waals surface area contributed by atoms with Crippen LogP contribution in [0, 0.1) is 5.41 Å². The Morgan fingerprint density at radius 1 is 1.53 bits per heavy atom. The van der Waals surface area contributed by atoms with Crippen molar-refractivity contribution < 1.29 is 14.3 Å². The monoisotopic (exact) mass is 213 g/mol. The zero-order chi connectivity index (χ0) is 10.9. The average molecular weight is 213 g/mol. The second kappa shape index (κ2) is 4.10. The summed E-state index contributed by atoms with van der Waals surface area (Å²) in [5.74, 6) is -0.0499. The lowest BCUT2D eigenvalue weighted by molar-refractivity contribution is -0.156. The van der Waals surface area contributed by atoms with Crippen molar-refractivity contribution in [3.8, 4) is 0 Å². The number of hydrogen-bond acceptors (Lipinski definition) is 4. The number of esters is 1. The lowest BCUT2D eigenvalue weighted by Gasteiger charge is -2.38. The number of carbonyl (C=O) groups excluding carboxylic acids is 1. The molecular weight excluding hydrogens is 194 g/mol. The highest BCUT2D eigenvalue weighted by Crippen LogP contribution is 2.40. The summed E-state index contributed by atoms with van der Waals surface area (Å²) in [6, 6.07) is 0. The fourth-order valence-electron chi connectivity index (χ4n) is 2.38. The summed E-state index contributed by atoms with van der Waals surface area (Å²) in [4.78, 5) is 14.1. The minimum atomic E-state index is -0.275. The molecule has 0 aromatic heterocycles. The number of hydrogen-bond donors (Lipinski definition) is 0. The molecule has 0 aromatic rings. The zero-order valence-corrected chi connectivity index (χ0v) is 9.49. The van der Waals surface area contributed by atoms with Crippen molar-refractivity contribution in [3.05, 3.63) is 0 Å². The van der Waals surface area contributed by atoms with Crippen molar-refractivity contribution in [2.45, 2.75) is 25.4 Å². The largest absolute Gasteiger partial charge is 0.469 e. The van der Waals surface area contributed by atoms with E-state index in [4.69, 9.17) is 9.47 Å². The van der Waals surface area contributed by atoms with E-state index in [1.54, 1.807) is 0 Å².